The van der Waals surface area contributed by atoms with Gasteiger partial charge in [0.05, 0.1) is 25.9 Å². The molecule has 0 saturated carbocycles. The number of ether oxygens (including phenoxy) is 1. The highest BCUT2D eigenvalue weighted by Crippen LogP contribution is 2.27. The molecule has 21 heavy (non-hydrogen) atoms. The lowest BCUT2D eigenvalue weighted by Gasteiger charge is -2.21. The summed E-state index contributed by atoms with van der Waals surface area (Å²) in [6.07, 6.45) is 0. The molecule has 0 aliphatic rings. The molecule has 0 unspecified atom stereocenters. The Morgan fingerprint density at radius 2 is 1.81 bits per heavy atom. The fraction of sp³-hybridized carbons (Fsp3) is 0.417. The van der Waals surface area contributed by atoms with E-state index in [0.29, 0.717) is 0 Å². The minimum Gasteiger partial charge on any atom is -0.495 e. The molecule has 1 rings (SSSR count). The van der Waals surface area contributed by atoms with Gasteiger partial charge in [-0.3, -0.25) is 0 Å². The molecular formula is C12H17NO7S. The van der Waals surface area contributed by atoms with Crippen LogP contribution in [0.15, 0.2) is 23.1 Å². The zero-order valence-corrected chi connectivity index (χ0v) is 12.2. The summed E-state index contributed by atoms with van der Waals surface area (Å²) in [7, 11) is -2.79. The molecule has 0 aliphatic heterocycles. The zero-order valence-electron chi connectivity index (χ0n) is 11.4. The third-order valence-corrected chi connectivity index (χ3v) is 4.67. The molecule has 0 saturated heterocycles. The second-order valence-electron chi connectivity index (χ2n) is 4.02. The monoisotopic (exact) mass is 319 g/mol. The summed E-state index contributed by atoms with van der Waals surface area (Å²) in [4.78, 5) is 10.7. The highest BCUT2D eigenvalue weighted by Gasteiger charge is 2.27. The number of aromatic carboxylic acids is 1. The van der Waals surface area contributed by atoms with Crippen LogP contribution in [0.1, 0.15) is 10.4 Å². The standard InChI is InChI=1S/C12H17NO7S/c1-20-10-8-9(12(16)17)2-3-11(10)21(18,19)13(4-6-14)5-7-15/h2-3,8,14-15H,4-7H2,1H3,(H,16,17). The number of aliphatic hydroxyl groups is 2. The summed E-state index contributed by atoms with van der Waals surface area (Å²) in [5, 5.41) is 26.7. The second kappa shape index (κ2) is 7.36. The van der Waals surface area contributed by atoms with E-state index >= 15 is 0 Å². The molecule has 0 bridgehead atoms. The largest absolute Gasteiger partial charge is 0.495 e. The van der Waals surface area contributed by atoms with Gasteiger partial charge >= 0.3 is 5.97 Å². The molecule has 0 spiro atoms. The van der Waals surface area contributed by atoms with Crippen LogP contribution in [0.4, 0.5) is 0 Å². The Morgan fingerprint density at radius 3 is 2.24 bits per heavy atom. The van der Waals surface area contributed by atoms with Gasteiger partial charge in [-0.2, -0.15) is 4.31 Å². The van der Waals surface area contributed by atoms with Crippen molar-refractivity contribution in [2.45, 2.75) is 4.90 Å². The third kappa shape index (κ3) is 3.91. The van der Waals surface area contributed by atoms with Gasteiger partial charge in [0.15, 0.2) is 0 Å². The van der Waals surface area contributed by atoms with Crippen LogP contribution >= 0.6 is 0 Å². The van der Waals surface area contributed by atoms with Gasteiger partial charge in [0.2, 0.25) is 10.0 Å². The number of benzene rings is 1. The number of rotatable bonds is 8. The average molecular weight is 319 g/mol. The van der Waals surface area contributed by atoms with E-state index in [9.17, 15) is 13.2 Å². The van der Waals surface area contributed by atoms with Crippen molar-refractivity contribution in [3.8, 4) is 5.75 Å². The number of hydrogen-bond acceptors (Lipinski definition) is 6. The van der Waals surface area contributed by atoms with Gasteiger partial charge in [-0.15, -0.1) is 0 Å². The SMILES string of the molecule is COc1cc(C(=O)O)ccc1S(=O)(=O)N(CCO)CCO. The van der Waals surface area contributed by atoms with Crippen molar-refractivity contribution in [2.24, 2.45) is 0 Å². The average Bonchev–Trinajstić information content (AvgIpc) is 2.46. The zero-order chi connectivity index (χ0) is 16.0. The smallest absolute Gasteiger partial charge is 0.335 e. The number of hydrogen-bond donors (Lipinski definition) is 3. The Balaban J connectivity index is 3.32. The Hall–Kier alpha value is -1.68. The quantitative estimate of drug-likeness (QED) is 0.582. The maximum absolute atomic E-state index is 12.4. The molecule has 118 valence electrons. The lowest BCUT2D eigenvalue weighted by atomic mass is 10.2. The Kier molecular flexibility index (Phi) is 6.09. The number of aliphatic hydroxyl groups excluding tert-OH is 2. The van der Waals surface area contributed by atoms with Gasteiger partial charge in [0, 0.05) is 13.1 Å². The van der Waals surface area contributed by atoms with E-state index in [1.54, 1.807) is 0 Å². The molecule has 1 aromatic carbocycles. The fourth-order valence-corrected chi connectivity index (χ4v) is 3.29. The van der Waals surface area contributed by atoms with Crippen LogP contribution in [-0.4, -0.2) is 67.4 Å². The van der Waals surface area contributed by atoms with Crippen LogP contribution in [-0.2, 0) is 10.0 Å². The first kappa shape index (κ1) is 17.4. The maximum atomic E-state index is 12.4. The van der Waals surface area contributed by atoms with Crippen molar-refractivity contribution in [1.29, 1.82) is 0 Å². The predicted molar refractivity (Wildman–Crippen MR) is 72.9 cm³/mol. The molecule has 0 atom stereocenters. The highest BCUT2D eigenvalue weighted by atomic mass is 32.2. The van der Waals surface area contributed by atoms with Crippen molar-refractivity contribution in [2.75, 3.05) is 33.4 Å². The van der Waals surface area contributed by atoms with Gasteiger partial charge < -0.3 is 20.1 Å². The van der Waals surface area contributed by atoms with E-state index in [1.165, 1.54) is 7.11 Å². The maximum Gasteiger partial charge on any atom is 0.335 e. The molecule has 0 aromatic heterocycles. The number of carbonyl (C=O) groups is 1. The molecule has 8 nitrogen and oxygen atoms in total. The van der Waals surface area contributed by atoms with E-state index < -0.39 is 29.2 Å². The van der Waals surface area contributed by atoms with Crippen LogP contribution in [0.25, 0.3) is 0 Å². The minimum atomic E-state index is -4.02. The molecule has 0 amide bonds. The third-order valence-electron chi connectivity index (χ3n) is 2.73. The summed E-state index contributed by atoms with van der Waals surface area (Å²) < 4.78 is 30.7. The van der Waals surface area contributed by atoms with Gasteiger partial charge in [-0.25, -0.2) is 13.2 Å². The van der Waals surface area contributed by atoms with Crippen LogP contribution in [0.5, 0.6) is 5.75 Å². The molecule has 0 fully saturated rings. The molecule has 0 aliphatic carbocycles. The van der Waals surface area contributed by atoms with Gasteiger partial charge in [0.25, 0.3) is 0 Å². The van der Waals surface area contributed by atoms with Crippen LogP contribution < -0.4 is 4.74 Å². The number of sulfonamides is 1. The molecular weight excluding hydrogens is 302 g/mol. The molecule has 1 aromatic rings. The molecule has 0 radical (unpaired) electrons. The van der Waals surface area contributed by atoms with Crippen molar-refractivity contribution >= 4 is 16.0 Å². The Labute approximate surface area is 122 Å². The number of nitrogens with zero attached hydrogens (tertiary/aromatic N) is 1. The Morgan fingerprint density at radius 1 is 1.24 bits per heavy atom. The summed E-state index contributed by atoms with van der Waals surface area (Å²) in [6.45, 7) is -1.19. The van der Waals surface area contributed by atoms with Crippen LogP contribution in [0, 0.1) is 0 Å². The van der Waals surface area contributed by atoms with E-state index in [4.69, 9.17) is 20.1 Å². The first-order valence-electron chi connectivity index (χ1n) is 6.01. The van der Waals surface area contributed by atoms with E-state index in [2.05, 4.69) is 0 Å². The number of methoxy groups -OCH3 is 1. The lowest BCUT2D eigenvalue weighted by molar-refractivity contribution is 0.0696. The normalized spacial score (nSPS) is 11.6. The number of carboxylic acid groups (broad SMARTS) is 1. The molecule has 0 heterocycles. The van der Waals surface area contributed by atoms with Gasteiger partial charge in [-0.05, 0) is 18.2 Å². The first-order valence-corrected chi connectivity index (χ1v) is 7.45. The van der Waals surface area contributed by atoms with Gasteiger partial charge in [-0.1, -0.05) is 0 Å². The first-order chi connectivity index (χ1) is 9.88. The fourth-order valence-electron chi connectivity index (χ4n) is 1.73. The predicted octanol–water partition coefficient (Wildman–Crippen LogP) is -0.631. The topological polar surface area (TPSA) is 124 Å². The van der Waals surface area contributed by atoms with Crippen LogP contribution in [0.2, 0.25) is 0 Å². The van der Waals surface area contributed by atoms with Crippen LogP contribution in [0.3, 0.4) is 0 Å². The van der Waals surface area contributed by atoms with Crippen molar-refractivity contribution in [3.63, 3.8) is 0 Å². The molecule has 9 heteroatoms. The molecule has 3 N–H and O–H groups in total. The highest BCUT2D eigenvalue weighted by molar-refractivity contribution is 7.89. The summed E-state index contributed by atoms with van der Waals surface area (Å²) in [6, 6.07) is 3.37. The van der Waals surface area contributed by atoms with Gasteiger partial charge in [0.1, 0.15) is 10.6 Å². The van der Waals surface area contributed by atoms with E-state index in [0.717, 1.165) is 22.5 Å². The van der Waals surface area contributed by atoms with E-state index in [-0.39, 0.29) is 29.3 Å². The van der Waals surface area contributed by atoms with Crippen molar-refractivity contribution in [1.82, 2.24) is 4.31 Å². The van der Waals surface area contributed by atoms with E-state index in [1.807, 2.05) is 0 Å². The minimum absolute atomic E-state index is 0.110. The Bertz CT molecular complexity index is 594. The second-order valence-corrected chi connectivity index (χ2v) is 5.93. The summed E-state index contributed by atoms with van der Waals surface area (Å²) >= 11 is 0. The van der Waals surface area contributed by atoms with Crippen molar-refractivity contribution in [3.05, 3.63) is 23.8 Å². The van der Waals surface area contributed by atoms with Crippen molar-refractivity contribution < 1.29 is 33.3 Å². The lowest BCUT2D eigenvalue weighted by Crippen LogP contribution is -2.36. The number of carboxylic acids is 1. The summed E-state index contributed by atoms with van der Waals surface area (Å²) in [5.74, 6) is -1.32. The summed E-state index contributed by atoms with van der Waals surface area (Å²) in [5.41, 5.74) is -0.110.